The van der Waals surface area contributed by atoms with Crippen molar-refractivity contribution in [3.8, 4) is 17.2 Å². The Labute approximate surface area is 143 Å². The van der Waals surface area contributed by atoms with E-state index < -0.39 is 16.8 Å². The van der Waals surface area contributed by atoms with Gasteiger partial charge in [0.1, 0.15) is 5.75 Å². The Morgan fingerprint density at radius 3 is 2.36 bits per heavy atom. The highest BCUT2D eigenvalue weighted by Gasteiger charge is 2.27. The average molecular weight is 347 g/mol. The molecule has 8 nitrogen and oxygen atoms in total. The van der Waals surface area contributed by atoms with Crippen LogP contribution in [-0.2, 0) is 11.2 Å². The van der Waals surface area contributed by atoms with Crippen molar-refractivity contribution in [2.45, 2.75) is 12.3 Å². The number of rotatable bonds is 7. The molecular weight excluding hydrogens is 330 g/mol. The molecule has 0 aromatic heterocycles. The summed E-state index contributed by atoms with van der Waals surface area (Å²) >= 11 is 0. The van der Waals surface area contributed by atoms with E-state index in [0.29, 0.717) is 5.56 Å². The first-order valence-corrected chi connectivity index (χ1v) is 7.28. The number of aromatic hydroxyl groups is 1. The lowest BCUT2D eigenvalue weighted by molar-refractivity contribution is -0.385. The highest BCUT2D eigenvalue weighted by molar-refractivity contribution is 5.77. The molecule has 0 fully saturated rings. The number of nitrogens with zero attached hydrogens (tertiary/aromatic N) is 1. The molecule has 0 aliphatic carbocycles. The molecule has 8 heteroatoms. The topological polar surface area (TPSA) is 119 Å². The summed E-state index contributed by atoms with van der Waals surface area (Å²) in [4.78, 5) is 22.4. The number of hydrogen-bond donors (Lipinski definition) is 2. The Balaban J connectivity index is 2.51. The van der Waals surface area contributed by atoms with Crippen LogP contribution in [0.25, 0.3) is 0 Å². The van der Waals surface area contributed by atoms with Crippen molar-refractivity contribution in [3.63, 3.8) is 0 Å². The Morgan fingerprint density at radius 2 is 1.84 bits per heavy atom. The lowest BCUT2D eigenvalue weighted by atomic mass is 9.91. The second kappa shape index (κ2) is 7.52. The molecule has 0 aliphatic rings. The predicted octanol–water partition coefficient (Wildman–Crippen LogP) is 2.73. The predicted molar refractivity (Wildman–Crippen MR) is 88.4 cm³/mol. The highest BCUT2D eigenvalue weighted by atomic mass is 16.6. The third-order valence-corrected chi connectivity index (χ3v) is 3.78. The van der Waals surface area contributed by atoms with E-state index in [9.17, 15) is 25.1 Å². The molecule has 0 amide bonds. The van der Waals surface area contributed by atoms with Gasteiger partial charge in [-0.1, -0.05) is 12.1 Å². The van der Waals surface area contributed by atoms with Crippen molar-refractivity contribution in [2.75, 3.05) is 14.2 Å². The first-order chi connectivity index (χ1) is 11.9. The number of nitro groups is 1. The minimum atomic E-state index is -1.16. The molecule has 0 saturated heterocycles. The van der Waals surface area contributed by atoms with Gasteiger partial charge in [0.25, 0.3) is 5.69 Å². The summed E-state index contributed by atoms with van der Waals surface area (Å²) in [7, 11) is 2.74. The summed E-state index contributed by atoms with van der Waals surface area (Å²) in [6.45, 7) is 0. The molecule has 0 radical (unpaired) electrons. The maximum atomic E-state index is 11.7. The van der Waals surface area contributed by atoms with E-state index in [0.717, 1.165) is 0 Å². The number of aliphatic carboxylic acids is 1. The largest absolute Gasteiger partial charge is 0.508 e. The van der Waals surface area contributed by atoms with Crippen molar-refractivity contribution in [1.82, 2.24) is 0 Å². The van der Waals surface area contributed by atoms with Crippen molar-refractivity contribution in [2.24, 2.45) is 0 Å². The number of carboxylic acids is 1. The summed E-state index contributed by atoms with van der Waals surface area (Å²) < 4.78 is 10.2. The maximum Gasteiger partial charge on any atom is 0.311 e. The number of methoxy groups -OCH3 is 2. The van der Waals surface area contributed by atoms with Gasteiger partial charge < -0.3 is 19.7 Å². The quantitative estimate of drug-likeness (QED) is 0.584. The van der Waals surface area contributed by atoms with E-state index in [1.165, 1.54) is 44.6 Å². The Kier molecular flexibility index (Phi) is 5.43. The SMILES string of the molecule is COc1cc(CC(C(=O)O)c2cccc(O)c2)c([N+](=O)[O-])cc1OC. The van der Waals surface area contributed by atoms with Crippen LogP contribution < -0.4 is 9.47 Å². The van der Waals surface area contributed by atoms with Gasteiger partial charge in [0.2, 0.25) is 0 Å². The molecule has 132 valence electrons. The molecule has 0 saturated carbocycles. The molecule has 2 aromatic carbocycles. The lowest BCUT2D eigenvalue weighted by Crippen LogP contribution is -2.15. The summed E-state index contributed by atoms with van der Waals surface area (Å²) in [5, 5.41) is 30.4. The molecule has 1 unspecified atom stereocenters. The van der Waals surface area contributed by atoms with Gasteiger partial charge in [0, 0.05) is 5.56 Å². The molecule has 25 heavy (non-hydrogen) atoms. The van der Waals surface area contributed by atoms with Crippen molar-refractivity contribution in [1.29, 1.82) is 0 Å². The minimum absolute atomic E-state index is 0.0782. The molecule has 2 rings (SSSR count). The highest BCUT2D eigenvalue weighted by Crippen LogP contribution is 2.37. The number of phenolic OH excluding ortho intramolecular Hbond substituents is 1. The van der Waals surface area contributed by atoms with Gasteiger partial charge in [-0.2, -0.15) is 0 Å². The zero-order valence-corrected chi connectivity index (χ0v) is 13.6. The third kappa shape index (κ3) is 3.97. The lowest BCUT2D eigenvalue weighted by Gasteiger charge is -2.15. The van der Waals surface area contributed by atoms with Crippen molar-refractivity contribution < 1.29 is 29.4 Å². The zero-order valence-electron chi connectivity index (χ0n) is 13.6. The van der Waals surface area contributed by atoms with Gasteiger partial charge >= 0.3 is 5.97 Å². The van der Waals surface area contributed by atoms with Crippen LogP contribution in [0.3, 0.4) is 0 Å². The molecule has 2 aromatic rings. The minimum Gasteiger partial charge on any atom is -0.508 e. The van der Waals surface area contributed by atoms with Crippen LogP contribution in [0, 0.1) is 10.1 Å². The Morgan fingerprint density at radius 1 is 1.20 bits per heavy atom. The summed E-state index contributed by atoms with van der Waals surface area (Å²) in [6.07, 6.45) is -0.143. The van der Waals surface area contributed by atoms with Gasteiger partial charge in [-0.3, -0.25) is 14.9 Å². The van der Waals surface area contributed by atoms with Gasteiger partial charge in [0.15, 0.2) is 11.5 Å². The number of hydrogen-bond acceptors (Lipinski definition) is 6. The van der Waals surface area contributed by atoms with E-state index in [-0.39, 0.29) is 34.9 Å². The van der Waals surface area contributed by atoms with Crippen molar-refractivity contribution >= 4 is 11.7 Å². The van der Waals surface area contributed by atoms with Crippen LogP contribution in [0.15, 0.2) is 36.4 Å². The second-order valence-electron chi connectivity index (χ2n) is 5.28. The monoisotopic (exact) mass is 347 g/mol. The fourth-order valence-electron chi connectivity index (χ4n) is 2.55. The molecule has 1 atom stereocenters. The number of phenols is 1. The summed E-state index contributed by atoms with van der Waals surface area (Å²) in [5.74, 6) is -1.85. The number of carboxylic acid groups (broad SMARTS) is 1. The second-order valence-corrected chi connectivity index (χ2v) is 5.28. The normalized spacial score (nSPS) is 11.6. The van der Waals surface area contributed by atoms with Gasteiger partial charge in [-0.25, -0.2) is 0 Å². The van der Waals surface area contributed by atoms with E-state index in [1.807, 2.05) is 0 Å². The molecular formula is C17H17NO7. The first kappa shape index (κ1) is 18.1. The van der Waals surface area contributed by atoms with Crippen molar-refractivity contribution in [3.05, 3.63) is 57.6 Å². The van der Waals surface area contributed by atoms with Gasteiger partial charge in [-0.05, 0) is 30.2 Å². The van der Waals surface area contributed by atoms with Crippen LogP contribution >= 0.6 is 0 Å². The smallest absolute Gasteiger partial charge is 0.311 e. The maximum absolute atomic E-state index is 11.7. The van der Waals surface area contributed by atoms with E-state index in [2.05, 4.69) is 0 Å². The summed E-state index contributed by atoms with van der Waals surface area (Å²) in [6, 6.07) is 8.41. The van der Waals surface area contributed by atoms with E-state index in [4.69, 9.17) is 9.47 Å². The molecule has 0 heterocycles. The number of ether oxygens (including phenoxy) is 2. The van der Waals surface area contributed by atoms with E-state index in [1.54, 1.807) is 6.07 Å². The first-order valence-electron chi connectivity index (χ1n) is 7.28. The Hall–Kier alpha value is -3.29. The van der Waals surface area contributed by atoms with E-state index >= 15 is 0 Å². The number of carbonyl (C=O) groups is 1. The Bertz CT molecular complexity index is 804. The third-order valence-electron chi connectivity index (χ3n) is 3.78. The molecule has 0 aliphatic heterocycles. The van der Waals surface area contributed by atoms with Crippen LogP contribution in [-0.4, -0.2) is 35.3 Å². The van der Waals surface area contributed by atoms with Crippen LogP contribution in [0.5, 0.6) is 17.2 Å². The molecule has 2 N–H and O–H groups in total. The zero-order chi connectivity index (χ0) is 18.6. The number of nitro benzene ring substituents is 1. The van der Waals surface area contributed by atoms with Gasteiger partial charge in [-0.15, -0.1) is 0 Å². The van der Waals surface area contributed by atoms with Crippen LogP contribution in [0.1, 0.15) is 17.0 Å². The fourth-order valence-corrected chi connectivity index (χ4v) is 2.55. The standard InChI is InChI=1S/C17H17NO7/c1-24-15-8-11(14(18(22)23)9-16(15)25-2)7-13(17(20)21)10-4-3-5-12(19)6-10/h3-6,8-9,13,19H,7H2,1-2H3,(H,20,21). The number of benzene rings is 2. The average Bonchev–Trinajstić information content (AvgIpc) is 2.58. The molecule has 0 bridgehead atoms. The van der Waals surface area contributed by atoms with Crippen LogP contribution in [0.4, 0.5) is 5.69 Å². The molecule has 0 spiro atoms. The fraction of sp³-hybridized carbons (Fsp3) is 0.235. The van der Waals surface area contributed by atoms with Crippen LogP contribution in [0.2, 0.25) is 0 Å². The van der Waals surface area contributed by atoms with Gasteiger partial charge in [0.05, 0.1) is 31.1 Å². The summed E-state index contributed by atoms with van der Waals surface area (Å²) in [5.41, 5.74) is 0.277.